The third kappa shape index (κ3) is 4.66. The van der Waals surface area contributed by atoms with Crippen LogP contribution in [-0.4, -0.2) is 25.4 Å². The van der Waals surface area contributed by atoms with Crippen molar-refractivity contribution in [2.24, 2.45) is 0 Å². The second-order valence-electron chi connectivity index (χ2n) is 3.76. The molecule has 0 saturated carbocycles. The predicted octanol–water partition coefficient (Wildman–Crippen LogP) is 0.353. The number of carbonyl (C=O) groups is 2. The van der Waals surface area contributed by atoms with Gasteiger partial charge in [-0.2, -0.15) is 5.26 Å². The molecule has 0 aliphatic carbocycles. The van der Waals surface area contributed by atoms with Crippen LogP contribution in [0.5, 0.6) is 0 Å². The summed E-state index contributed by atoms with van der Waals surface area (Å²) in [6.45, 7) is 0.328. The highest BCUT2D eigenvalue weighted by Crippen LogP contribution is 2.03. The van der Waals surface area contributed by atoms with Crippen molar-refractivity contribution in [3.8, 4) is 6.07 Å². The van der Waals surface area contributed by atoms with Crippen LogP contribution in [0.25, 0.3) is 0 Å². The Morgan fingerprint density at radius 3 is 2.44 bits per heavy atom. The molecule has 1 rings (SSSR count). The van der Waals surface area contributed by atoms with Crippen LogP contribution < -0.4 is 10.6 Å². The molecule has 0 atom stereocenters. The first-order valence-corrected chi connectivity index (χ1v) is 5.62. The molecule has 5 heteroatoms. The van der Waals surface area contributed by atoms with Gasteiger partial charge in [-0.1, -0.05) is 12.1 Å². The van der Waals surface area contributed by atoms with Crippen molar-refractivity contribution in [2.75, 3.05) is 13.6 Å². The molecule has 94 valence electrons. The number of rotatable bonds is 5. The topological polar surface area (TPSA) is 82.0 Å². The van der Waals surface area contributed by atoms with Gasteiger partial charge in [-0.15, -0.1) is 0 Å². The average Bonchev–Trinajstić information content (AvgIpc) is 2.39. The summed E-state index contributed by atoms with van der Waals surface area (Å²) >= 11 is 0. The highest BCUT2D eigenvalue weighted by atomic mass is 16.2. The fourth-order valence-electron chi connectivity index (χ4n) is 1.39. The lowest BCUT2D eigenvalue weighted by Crippen LogP contribution is -2.30. The fraction of sp³-hybridized carbons (Fsp3) is 0.308. The number of nitriles is 1. The molecule has 0 radical (unpaired) electrons. The second kappa shape index (κ2) is 7.07. The second-order valence-corrected chi connectivity index (χ2v) is 3.76. The summed E-state index contributed by atoms with van der Waals surface area (Å²) in [7, 11) is 1.56. The molecule has 5 nitrogen and oxygen atoms in total. The van der Waals surface area contributed by atoms with E-state index in [0.29, 0.717) is 12.1 Å². The first-order chi connectivity index (χ1) is 8.65. The SMILES string of the molecule is CNC(=O)CCNC(=O)Cc1ccc(C#N)cc1. The van der Waals surface area contributed by atoms with Crippen LogP contribution in [0.15, 0.2) is 24.3 Å². The largest absolute Gasteiger partial charge is 0.359 e. The van der Waals surface area contributed by atoms with Gasteiger partial charge in [0.2, 0.25) is 11.8 Å². The molecule has 2 N–H and O–H groups in total. The van der Waals surface area contributed by atoms with Gasteiger partial charge in [-0.3, -0.25) is 9.59 Å². The number of carbonyl (C=O) groups excluding carboxylic acids is 2. The molecular weight excluding hydrogens is 230 g/mol. The van der Waals surface area contributed by atoms with Crippen LogP contribution in [0.1, 0.15) is 17.5 Å². The minimum atomic E-state index is -0.136. The zero-order chi connectivity index (χ0) is 13.4. The summed E-state index contributed by atoms with van der Waals surface area (Å²) in [5.41, 5.74) is 1.41. The van der Waals surface area contributed by atoms with Crippen molar-refractivity contribution >= 4 is 11.8 Å². The molecule has 0 unspecified atom stereocenters. The van der Waals surface area contributed by atoms with Crippen LogP contribution in [0.4, 0.5) is 0 Å². The van der Waals surface area contributed by atoms with E-state index in [9.17, 15) is 9.59 Å². The van der Waals surface area contributed by atoms with E-state index in [1.807, 2.05) is 6.07 Å². The third-order valence-corrected chi connectivity index (χ3v) is 2.40. The van der Waals surface area contributed by atoms with Crippen LogP contribution in [-0.2, 0) is 16.0 Å². The molecule has 0 aromatic heterocycles. The van der Waals surface area contributed by atoms with E-state index in [-0.39, 0.29) is 24.7 Å². The normalized spacial score (nSPS) is 9.33. The van der Waals surface area contributed by atoms with E-state index in [4.69, 9.17) is 5.26 Å². The monoisotopic (exact) mass is 245 g/mol. The lowest BCUT2D eigenvalue weighted by atomic mass is 10.1. The van der Waals surface area contributed by atoms with Gasteiger partial charge in [0.15, 0.2) is 0 Å². The molecule has 18 heavy (non-hydrogen) atoms. The molecule has 1 aromatic rings. The maximum Gasteiger partial charge on any atom is 0.224 e. The van der Waals surface area contributed by atoms with Crippen LogP contribution in [0.3, 0.4) is 0 Å². The van der Waals surface area contributed by atoms with Crippen molar-refractivity contribution < 1.29 is 9.59 Å². The van der Waals surface area contributed by atoms with Crippen molar-refractivity contribution in [1.82, 2.24) is 10.6 Å². The van der Waals surface area contributed by atoms with Gasteiger partial charge in [0.1, 0.15) is 0 Å². The highest BCUT2D eigenvalue weighted by Gasteiger charge is 2.04. The van der Waals surface area contributed by atoms with E-state index in [1.54, 1.807) is 31.3 Å². The number of nitrogens with one attached hydrogen (secondary N) is 2. The summed E-state index contributed by atoms with van der Waals surface area (Å²) in [5, 5.41) is 13.8. The molecule has 0 saturated heterocycles. The molecule has 0 fully saturated rings. The van der Waals surface area contributed by atoms with E-state index < -0.39 is 0 Å². The Labute approximate surface area is 106 Å². The van der Waals surface area contributed by atoms with Crippen LogP contribution in [0, 0.1) is 11.3 Å². The van der Waals surface area contributed by atoms with Gasteiger partial charge in [-0.25, -0.2) is 0 Å². The Bertz CT molecular complexity index is 460. The van der Waals surface area contributed by atoms with E-state index in [0.717, 1.165) is 5.56 Å². The maximum atomic E-state index is 11.5. The standard InChI is InChI=1S/C13H15N3O2/c1-15-12(17)6-7-16-13(18)8-10-2-4-11(9-14)5-3-10/h2-5H,6-8H2,1H3,(H,15,17)(H,16,18). The molecule has 2 amide bonds. The number of nitrogens with zero attached hydrogens (tertiary/aromatic N) is 1. The Balaban J connectivity index is 2.35. The molecule has 0 aliphatic rings. The quantitative estimate of drug-likeness (QED) is 0.785. The van der Waals surface area contributed by atoms with Gasteiger partial charge >= 0.3 is 0 Å². The summed E-state index contributed by atoms with van der Waals surface area (Å²) in [6, 6.07) is 8.86. The smallest absolute Gasteiger partial charge is 0.224 e. The van der Waals surface area contributed by atoms with Crippen molar-refractivity contribution in [2.45, 2.75) is 12.8 Å². The average molecular weight is 245 g/mol. The summed E-state index contributed by atoms with van der Waals surface area (Å²) in [6.07, 6.45) is 0.523. The number of benzene rings is 1. The highest BCUT2D eigenvalue weighted by molar-refractivity contribution is 5.80. The lowest BCUT2D eigenvalue weighted by molar-refractivity contribution is -0.121. The number of amides is 2. The summed E-state index contributed by atoms with van der Waals surface area (Å²) in [4.78, 5) is 22.5. The summed E-state index contributed by atoms with van der Waals surface area (Å²) in [5.74, 6) is -0.239. The first kappa shape index (κ1) is 13.7. The zero-order valence-corrected chi connectivity index (χ0v) is 10.2. The Morgan fingerprint density at radius 1 is 1.22 bits per heavy atom. The van der Waals surface area contributed by atoms with Crippen molar-refractivity contribution in [1.29, 1.82) is 5.26 Å². The van der Waals surface area contributed by atoms with E-state index in [2.05, 4.69) is 10.6 Å². The van der Waals surface area contributed by atoms with E-state index in [1.165, 1.54) is 0 Å². The minimum absolute atomic E-state index is 0.103. The molecule has 0 aliphatic heterocycles. The molecular formula is C13H15N3O2. The van der Waals surface area contributed by atoms with Gasteiger partial charge in [0, 0.05) is 20.0 Å². The predicted molar refractivity (Wildman–Crippen MR) is 66.6 cm³/mol. The molecule has 0 bridgehead atoms. The lowest BCUT2D eigenvalue weighted by Gasteiger charge is -2.04. The molecule has 1 aromatic carbocycles. The van der Waals surface area contributed by atoms with Crippen molar-refractivity contribution in [3.05, 3.63) is 35.4 Å². The zero-order valence-electron chi connectivity index (χ0n) is 10.2. The van der Waals surface area contributed by atoms with Gasteiger partial charge < -0.3 is 10.6 Å². The summed E-state index contributed by atoms with van der Waals surface area (Å²) < 4.78 is 0. The number of hydrogen-bond acceptors (Lipinski definition) is 3. The van der Waals surface area contributed by atoms with Crippen LogP contribution in [0.2, 0.25) is 0 Å². The minimum Gasteiger partial charge on any atom is -0.359 e. The Morgan fingerprint density at radius 2 is 1.89 bits per heavy atom. The van der Waals surface area contributed by atoms with Gasteiger partial charge in [-0.05, 0) is 17.7 Å². The van der Waals surface area contributed by atoms with Gasteiger partial charge in [0.05, 0.1) is 18.1 Å². The Hall–Kier alpha value is -2.35. The first-order valence-electron chi connectivity index (χ1n) is 5.62. The van der Waals surface area contributed by atoms with Crippen molar-refractivity contribution in [3.63, 3.8) is 0 Å². The molecule has 0 spiro atoms. The maximum absolute atomic E-state index is 11.5. The Kier molecular flexibility index (Phi) is 5.39. The third-order valence-electron chi connectivity index (χ3n) is 2.40. The van der Waals surface area contributed by atoms with E-state index >= 15 is 0 Å². The molecule has 0 heterocycles. The van der Waals surface area contributed by atoms with Crippen LogP contribution >= 0.6 is 0 Å². The van der Waals surface area contributed by atoms with Gasteiger partial charge in [0.25, 0.3) is 0 Å². The number of hydrogen-bond donors (Lipinski definition) is 2. The fourth-order valence-corrected chi connectivity index (χ4v) is 1.39.